The molecule has 0 radical (unpaired) electrons. The van der Waals surface area contributed by atoms with Crippen LogP contribution in [-0.4, -0.2) is 48.2 Å². The average molecular weight is 277 g/mol. The minimum absolute atomic E-state index is 0.143. The van der Waals surface area contributed by atoms with E-state index in [0.29, 0.717) is 11.3 Å². The summed E-state index contributed by atoms with van der Waals surface area (Å²) in [5.74, 6) is -0.996. The fraction of sp³-hybridized carbons (Fsp3) is 0.429. The van der Waals surface area contributed by atoms with Gasteiger partial charge in [0.25, 0.3) is 0 Å². The number of hydrogen-bond acceptors (Lipinski definition) is 3. The number of carbonyl (C=O) groups is 2. The molecule has 1 aliphatic rings. The monoisotopic (exact) mass is 277 g/mol. The average Bonchev–Trinajstić information content (AvgIpc) is 2.76. The van der Waals surface area contributed by atoms with Crippen molar-refractivity contribution < 1.29 is 14.7 Å². The van der Waals surface area contributed by atoms with Crippen molar-refractivity contribution >= 4 is 17.7 Å². The van der Waals surface area contributed by atoms with Gasteiger partial charge in [-0.15, -0.1) is 0 Å². The van der Waals surface area contributed by atoms with Crippen LogP contribution in [0, 0.1) is 6.92 Å². The van der Waals surface area contributed by atoms with E-state index in [1.165, 1.54) is 6.07 Å². The number of nitrogens with zero attached hydrogens (tertiary/aromatic N) is 1. The molecule has 0 aliphatic carbocycles. The fourth-order valence-corrected chi connectivity index (χ4v) is 2.34. The maximum Gasteiger partial charge on any atom is 0.336 e. The van der Waals surface area contributed by atoms with E-state index in [-0.39, 0.29) is 17.6 Å². The number of anilines is 1. The highest BCUT2D eigenvalue weighted by molar-refractivity contribution is 5.94. The highest BCUT2D eigenvalue weighted by Crippen LogP contribution is 2.15. The van der Waals surface area contributed by atoms with Crippen LogP contribution in [0.1, 0.15) is 22.3 Å². The lowest BCUT2D eigenvalue weighted by Gasteiger charge is -2.14. The smallest absolute Gasteiger partial charge is 0.336 e. The van der Waals surface area contributed by atoms with Crippen LogP contribution < -0.4 is 10.6 Å². The molecule has 1 aromatic carbocycles. The SMILES string of the molecule is Cc1ccc(NC(=O)NC2CCN(C)C2)cc1C(=O)O. The normalized spacial score (nSPS) is 18.8. The first-order valence-electron chi connectivity index (χ1n) is 6.55. The Morgan fingerprint density at radius 1 is 1.40 bits per heavy atom. The van der Waals surface area contributed by atoms with E-state index in [9.17, 15) is 9.59 Å². The van der Waals surface area contributed by atoms with Crippen LogP contribution in [0.2, 0.25) is 0 Å². The number of likely N-dealkylation sites (tertiary alicyclic amines) is 1. The number of carbonyl (C=O) groups excluding carboxylic acids is 1. The number of aromatic carboxylic acids is 1. The van der Waals surface area contributed by atoms with Gasteiger partial charge in [-0.05, 0) is 44.6 Å². The molecule has 0 bridgehead atoms. The molecule has 20 heavy (non-hydrogen) atoms. The predicted octanol–water partition coefficient (Wildman–Crippen LogP) is 1.52. The van der Waals surface area contributed by atoms with Gasteiger partial charge in [0.2, 0.25) is 0 Å². The lowest BCUT2D eigenvalue weighted by atomic mass is 10.1. The van der Waals surface area contributed by atoms with Crippen LogP contribution in [0.15, 0.2) is 18.2 Å². The molecule has 1 fully saturated rings. The van der Waals surface area contributed by atoms with Gasteiger partial charge in [0.15, 0.2) is 0 Å². The highest BCUT2D eigenvalue weighted by atomic mass is 16.4. The first-order chi connectivity index (χ1) is 9.45. The van der Waals surface area contributed by atoms with Gasteiger partial charge in [-0.3, -0.25) is 0 Å². The molecule has 6 nitrogen and oxygen atoms in total. The van der Waals surface area contributed by atoms with E-state index in [2.05, 4.69) is 15.5 Å². The number of likely N-dealkylation sites (N-methyl/N-ethyl adjacent to an activating group) is 1. The van der Waals surface area contributed by atoms with Crippen molar-refractivity contribution in [3.8, 4) is 0 Å². The second kappa shape index (κ2) is 5.92. The van der Waals surface area contributed by atoms with E-state index >= 15 is 0 Å². The zero-order valence-corrected chi connectivity index (χ0v) is 11.6. The summed E-state index contributed by atoms with van der Waals surface area (Å²) in [6, 6.07) is 4.69. The van der Waals surface area contributed by atoms with Crippen LogP contribution in [0.4, 0.5) is 10.5 Å². The number of urea groups is 1. The van der Waals surface area contributed by atoms with Gasteiger partial charge < -0.3 is 20.6 Å². The number of amides is 2. The van der Waals surface area contributed by atoms with Crippen molar-refractivity contribution in [2.75, 3.05) is 25.5 Å². The van der Waals surface area contributed by atoms with Crippen molar-refractivity contribution in [2.45, 2.75) is 19.4 Å². The van der Waals surface area contributed by atoms with Gasteiger partial charge >= 0.3 is 12.0 Å². The molecule has 0 saturated carbocycles. The molecule has 1 aromatic rings. The Morgan fingerprint density at radius 2 is 2.15 bits per heavy atom. The third-order valence-corrected chi connectivity index (χ3v) is 3.45. The molecule has 1 heterocycles. The molecule has 2 rings (SSSR count). The quantitative estimate of drug-likeness (QED) is 0.782. The molecule has 1 atom stereocenters. The van der Waals surface area contributed by atoms with Gasteiger partial charge in [0.05, 0.1) is 5.56 Å². The second-order valence-corrected chi connectivity index (χ2v) is 5.18. The number of rotatable bonds is 3. The molecule has 2 amide bonds. The van der Waals surface area contributed by atoms with Crippen LogP contribution >= 0.6 is 0 Å². The first-order valence-corrected chi connectivity index (χ1v) is 6.55. The minimum Gasteiger partial charge on any atom is -0.478 e. The Hall–Kier alpha value is -2.08. The van der Waals surface area contributed by atoms with Crippen molar-refractivity contribution in [2.24, 2.45) is 0 Å². The van der Waals surface area contributed by atoms with Crippen LogP contribution in [0.5, 0.6) is 0 Å². The number of carboxylic acids is 1. The standard InChI is InChI=1S/C14H19N3O3/c1-9-3-4-10(7-12(9)13(18)19)15-14(20)16-11-5-6-17(2)8-11/h3-4,7,11H,5-6,8H2,1-2H3,(H,18,19)(H2,15,16,20). The second-order valence-electron chi connectivity index (χ2n) is 5.18. The lowest BCUT2D eigenvalue weighted by Crippen LogP contribution is -2.39. The number of carboxylic acid groups (broad SMARTS) is 1. The Bertz CT molecular complexity index is 530. The highest BCUT2D eigenvalue weighted by Gasteiger charge is 2.21. The Kier molecular flexibility index (Phi) is 4.24. The topological polar surface area (TPSA) is 81.7 Å². The predicted molar refractivity (Wildman–Crippen MR) is 76.2 cm³/mol. The molecule has 108 valence electrons. The van der Waals surface area contributed by atoms with E-state index in [1.807, 2.05) is 7.05 Å². The molecule has 1 aliphatic heterocycles. The van der Waals surface area contributed by atoms with Crippen molar-refractivity contribution in [1.29, 1.82) is 0 Å². The summed E-state index contributed by atoms with van der Waals surface area (Å²) >= 11 is 0. The molecule has 0 spiro atoms. The maximum absolute atomic E-state index is 11.9. The zero-order valence-electron chi connectivity index (χ0n) is 11.6. The number of aryl methyl sites for hydroxylation is 1. The molecule has 1 unspecified atom stereocenters. The molecule has 3 N–H and O–H groups in total. The number of hydrogen-bond donors (Lipinski definition) is 3. The molecule has 1 saturated heterocycles. The number of nitrogens with one attached hydrogen (secondary N) is 2. The summed E-state index contributed by atoms with van der Waals surface area (Å²) < 4.78 is 0. The molecule has 0 aromatic heterocycles. The Morgan fingerprint density at radius 3 is 2.75 bits per heavy atom. The van der Waals surface area contributed by atoms with E-state index in [0.717, 1.165) is 19.5 Å². The van der Waals surface area contributed by atoms with Crippen molar-refractivity contribution in [3.05, 3.63) is 29.3 Å². The summed E-state index contributed by atoms with van der Waals surface area (Å²) in [4.78, 5) is 25.0. The molecular formula is C14H19N3O3. The third kappa shape index (κ3) is 3.48. The van der Waals surface area contributed by atoms with Gasteiger partial charge in [0, 0.05) is 18.3 Å². The Balaban J connectivity index is 1.97. The van der Waals surface area contributed by atoms with Gasteiger partial charge in [-0.1, -0.05) is 6.07 Å². The summed E-state index contributed by atoms with van der Waals surface area (Å²) in [7, 11) is 2.01. The summed E-state index contributed by atoms with van der Waals surface area (Å²) in [5, 5.41) is 14.6. The summed E-state index contributed by atoms with van der Waals surface area (Å²) in [5.41, 5.74) is 1.35. The van der Waals surface area contributed by atoms with Crippen molar-refractivity contribution in [1.82, 2.24) is 10.2 Å². The third-order valence-electron chi connectivity index (χ3n) is 3.45. The largest absolute Gasteiger partial charge is 0.478 e. The summed E-state index contributed by atoms with van der Waals surface area (Å²) in [6.07, 6.45) is 0.929. The molecular weight excluding hydrogens is 258 g/mol. The summed E-state index contributed by atoms with van der Waals surface area (Å²) in [6.45, 7) is 3.53. The van der Waals surface area contributed by atoms with E-state index < -0.39 is 5.97 Å². The first kappa shape index (κ1) is 14.3. The van der Waals surface area contributed by atoms with Crippen LogP contribution in [-0.2, 0) is 0 Å². The van der Waals surface area contributed by atoms with E-state index in [1.54, 1.807) is 19.1 Å². The zero-order chi connectivity index (χ0) is 14.7. The fourth-order valence-electron chi connectivity index (χ4n) is 2.34. The minimum atomic E-state index is -0.996. The number of benzene rings is 1. The van der Waals surface area contributed by atoms with Gasteiger partial charge in [-0.25, -0.2) is 9.59 Å². The van der Waals surface area contributed by atoms with Gasteiger partial charge in [-0.2, -0.15) is 0 Å². The van der Waals surface area contributed by atoms with Gasteiger partial charge in [0.1, 0.15) is 0 Å². The van der Waals surface area contributed by atoms with E-state index in [4.69, 9.17) is 5.11 Å². The van der Waals surface area contributed by atoms with Crippen molar-refractivity contribution in [3.63, 3.8) is 0 Å². The van der Waals surface area contributed by atoms with Crippen LogP contribution in [0.3, 0.4) is 0 Å². The molecule has 6 heteroatoms. The Labute approximate surface area is 117 Å². The lowest BCUT2D eigenvalue weighted by molar-refractivity contribution is 0.0696. The van der Waals surface area contributed by atoms with Crippen LogP contribution in [0.25, 0.3) is 0 Å². The maximum atomic E-state index is 11.9.